The van der Waals surface area contributed by atoms with Gasteiger partial charge in [0, 0.05) is 13.1 Å². The van der Waals surface area contributed by atoms with Gasteiger partial charge in [-0.05, 0) is 55.4 Å². The van der Waals surface area contributed by atoms with Crippen LogP contribution in [0.4, 0.5) is 4.39 Å². The quantitative estimate of drug-likeness (QED) is 0.837. The number of rotatable bonds is 5. The van der Waals surface area contributed by atoms with E-state index in [0.717, 1.165) is 5.56 Å². The van der Waals surface area contributed by atoms with E-state index in [1.165, 1.54) is 4.31 Å². The van der Waals surface area contributed by atoms with Crippen LogP contribution >= 0.6 is 0 Å². The average molecular weight is 313 g/mol. The largest absolute Gasteiger partial charge is 0.494 e. The van der Waals surface area contributed by atoms with Crippen molar-refractivity contribution in [3.8, 4) is 5.75 Å². The smallest absolute Gasteiger partial charge is 0.243 e. The fourth-order valence-corrected chi connectivity index (χ4v) is 4.89. The maximum atomic E-state index is 12.6. The molecule has 1 aliphatic heterocycles. The van der Waals surface area contributed by atoms with Crippen LogP contribution in [0.15, 0.2) is 23.1 Å². The highest BCUT2D eigenvalue weighted by molar-refractivity contribution is 7.89. The molecule has 21 heavy (non-hydrogen) atoms. The summed E-state index contributed by atoms with van der Waals surface area (Å²) < 4.78 is 44.8. The van der Waals surface area contributed by atoms with E-state index in [-0.39, 0.29) is 24.4 Å². The molecule has 2 aliphatic rings. The molecule has 0 aromatic heterocycles. The predicted octanol–water partition coefficient (Wildman–Crippen LogP) is 2.23. The standard InChI is InChI=1S/C15H20FNO3S/c1-3-20-15-5-4-11(6-10(15)2)21(18,19)17-8-13-12(7-16)14(13)9-17/h4-6,12-14H,3,7-9H2,1-2H3/t12?,13-,14+. The Bertz CT molecular complexity index is 634. The number of fused-ring (bicyclic) bond motifs is 1. The lowest BCUT2D eigenvalue weighted by atomic mass is 10.2. The Labute approximate surface area is 125 Å². The molecule has 1 aromatic rings. The second-order valence-corrected chi connectivity index (χ2v) is 7.77. The summed E-state index contributed by atoms with van der Waals surface area (Å²) in [5.41, 5.74) is 0.809. The molecular formula is C15H20FNO3S. The van der Waals surface area contributed by atoms with Crippen molar-refractivity contribution in [2.24, 2.45) is 17.8 Å². The van der Waals surface area contributed by atoms with Crippen molar-refractivity contribution in [3.05, 3.63) is 23.8 Å². The highest BCUT2D eigenvalue weighted by atomic mass is 32.2. The van der Waals surface area contributed by atoms with Crippen LogP contribution in [-0.4, -0.2) is 39.1 Å². The molecule has 0 spiro atoms. The Morgan fingerprint density at radius 3 is 2.52 bits per heavy atom. The fourth-order valence-electron chi connectivity index (χ4n) is 3.28. The molecule has 0 N–H and O–H groups in total. The van der Waals surface area contributed by atoms with Crippen molar-refractivity contribution < 1.29 is 17.5 Å². The zero-order valence-corrected chi connectivity index (χ0v) is 13.1. The zero-order valence-electron chi connectivity index (χ0n) is 12.3. The van der Waals surface area contributed by atoms with Crippen molar-refractivity contribution in [2.45, 2.75) is 18.7 Å². The average Bonchev–Trinajstić information content (AvgIpc) is 2.91. The minimum Gasteiger partial charge on any atom is -0.494 e. The van der Waals surface area contributed by atoms with Gasteiger partial charge in [0.1, 0.15) is 5.75 Å². The van der Waals surface area contributed by atoms with Crippen LogP contribution in [0.1, 0.15) is 12.5 Å². The number of alkyl halides is 1. The molecule has 0 bridgehead atoms. The van der Waals surface area contributed by atoms with Crippen LogP contribution in [0.3, 0.4) is 0 Å². The van der Waals surface area contributed by atoms with Crippen LogP contribution in [0, 0.1) is 24.7 Å². The lowest BCUT2D eigenvalue weighted by molar-refractivity contribution is 0.337. The van der Waals surface area contributed by atoms with Crippen molar-refractivity contribution in [3.63, 3.8) is 0 Å². The maximum Gasteiger partial charge on any atom is 0.243 e. The summed E-state index contributed by atoms with van der Waals surface area (Å²) >= 11 is 0. The molecule has 1 saturated heterocycles. The van der Waals surface area contributed by atoms with Crippen molar-refractivity contribution >= 4 is 10.0 Å². The third kappa shape index (κ3) is 2.44. The van der Waals surface area contributed by atoms with Gasteiger partial charge in [0.05, 0.1) is 18.2 Å². The molecule has 1 saturated carbocycles. The second-order valence-electron chi connectivity index (χ2n) is 5.83. The van der Waals surface area contributed by atoms with Gasteiger partial charge < -0.3 is 4.74 Å². The molecule has 1 unspecified atom stereocenters. The van der Waals surface area contributed by atoms with E-state index in [9.17, 15) is 12.8 Å². The highest BCUT2D eigenvalue weighted by Crippen LogP contribution is 2.52. The monoisotopic (exact) mass is 313 g/mol. The summed E-state index contributed by atoms with van der Waals surface area (Å²) in [5, 5.41) is 0. The van der Waals surface area contributed by atoms with Crippen LogP contribution < -0.4 is 4.74 Å². The third-order valence-electron chi connectivity index (χ3n) is 4.60. The maximum absolute atomic E-state index is 12.6. The lowest BCUT2D eigenvalue weighted by Gasteiger charge is -2.19. The van der Waals surface area contributed by atoms with E-state index >= 15 is 0 Å². The summed E-state index contributed by atoms with van der Waals surface area (Å²) in [7, 11) is -3.47. The summed E-state index contributed by atoms with van der Waals surface area (Å²) in [4.78, 5) is 0.293. The Balaban J connectivity index is 1.79. The van der Waals surface area contributed by atoms with Gasteiger partial charge in [0.25, 0.3) is 0 Å². The lowest BCUT2D eigenvalue weighted by Crippen LogP contribution is -2.32. The van der Waals surface area contributed by atoms with Gasteiger partial charge in [-0.1, -0.05) is 0 Å². The number of hydrogen-bond donors (Lipinski definition) is 0. The van der Waals surface area contributed by atoms with E-state index in [0.29, 0.717) is 30.3 Å². The van der Waals surface area contributed by atoms with Gasteiger partial charge in [0.2, 0.25) is 10.0 Å². The first-order valence-electron chi connectivity index (χ1n) is 7.28. The van der Waals surface area contributed by atoms with E-state index in [2.05, 4.69) is 0 Å². The van der Waals surface area contributed by atoms with Gasteiger partial charge in [-0.25, -0.2) is 8.42 Å². The van der Waals surface area contributed by atoms with E-state index in [1.54, 1.807) is 18.2 Å². The predicted molar refractivity (Wildman–Crippen MR) is 77.6 cm³/mol. The van der Waals surface area contributed by atoms with E-state index in [4.69, 9.17) is 4.74 Å². The molecule has 116 valence electrons. The Morgan fingerprint density at radius 2 is 2.00 bits per heavy atom. The SMILES string of the molecule is CCOc1ccc(S(=O)(=O)N2C[C@@H]3C(CF)[C@@H]3C2)cc1C. The first-order valence-corrected chi connectivity index (χ1v) is 8.72. The number of sulfonamides is 1. The molecular weight excluding hydrogens is 293 g/mol. The normalized spacial score (nSPS) is 28.4. The topological polar surface area (TPSA) is 46.6 Å². The van der Waals surface area contributed by atoms with E-state index in [1.807, 2.05) is 13.8 Å². The van der Waals surface area contributed by atoms with Crippen molar-refractivity contribution in [2.75, 3.05) is 26.4 Å². The Hall–Kier alpha value is -1.14. The number of halogens is 1. The Morgan fingerprint density at radius 1 is 1.33 bits per heavy atom. The van der Waals surface area contributed by atoms with Crippen LogP contribution in [0.5, 0.6) is 5.75 Å². The van der Waals surface area contributed by atoms with Crippen LogP contribution in [0.2, 0.25) is 0 Å². The number of piperidine rings is 1. The van der Waals surface area contributed by atoms with Crippen molar-refractivity contribution in [1.29, 1.82) is 0 Å². The first kappa shape index (κ1) is 14.8. The second kappa shape index (κ2) is 5.25. The van der Waals surface area contributed by atoms with Gasteiger partial charge in [0.15, 0.2) is 0 Å². The van der Waals surface area contributed by atoms with Crippen LogP contribution in [-0.2, 0) is 10.0 Å². The van der Waals surface area contributed by atoms with Crippen molar-refractivity contribution in [1.82, 2.24) is 4.31 Å². The minimum absolute atomic E-state index is 0.0820. The molecule has 1 aromatic carbocycles. The first-order chi connectivity index (χ1) is 9.98. The molecule has 0 amide bonds. The number of nitrogens with zero attached hydrogens (tertiary/aromatic N) is 1. The highest BCUT2D eigenvalue weighted by Gasteiger charge is 2.57. The molecule has 0 radical (unpaired) electrons. The van der Waals surface area contributed by atoms with Gasteiger partial charge >= 0.3 is 0 Å². The molecule has 1 heterocycles. The summed E-state index contributed by atoms with van der Waals surface area (Å²) in [6.45, 7) is 4.85. The number of hydrogen-bond acceptors (Lipinski definition) is 3. The molecule has 6 heteroatoms. The van der Waals surface area contributed by atoms with Gasteiger partial charge in [-0.3, -0.25) is 4.39 Å². The van der Waals surface area contributed by atoms with Crippen LogP contribution in [0.25, 0.3) is 0 Å². The zero-order chi connectivity index (χ0) is 15.2. The molecule has 4 nitrogen and oxygen atoms in total. The molecule has 3 rings (SSSR count). The van der Waals surface area contributed by atoms with E-state index < -0.39 is 10.0 Å². The summed E-state index contributed by atoms with van der Waals surface area (Å²) in [5.74, 6) is 1.22. The minimum atomic E-state index is -3.47. The Kier molecular flexibility index (Phi) is 3.69. The summed E-state index contributed by atoms with van der Waals surface area (Å²) in [6, 6.07) is 4.94. The summed E-state index contributed by atoms with van der Waals surface area (Å²) in [6.07, 6.45) is 0. The van der Waals surface area contributed by atoms with Gasteiger partial charge in [-0.15, -0.1) is 0 Å². The number of benzene rings is 1. The van der Waals surface area contributed by atoms with Gasteiger partial charge in [-0.2, -0.15) is 4.31 Å². The number of ether oxygens (including phenoxy) is 1. The number of aryl methyl sites for hydroxylation is 1. The third-order valence-corrected chi connectivity index (χ3v) is 6.43. The fraction of sp³-hybridized carbons (Fsp3) is 0.600. The molecule has 1 aliphatic carbocycles. The molecule has 3 atom stereocenters. The molecule has 2 fully saturated rings.